The highest BCUT2D eigenvalue weighted by Crippen LogP contribution is 2.31. The summed E-state index contributed by atoms with van der Waals surface area (Å²) in [5, 5.41) is 12.2. The Bertz CT molecular complexity index is 676. The Kier molecular flexibility index (Phi) is 5.91. The molecular formula is C21H30N4O2. The van der Waals surface area contributed by atoms with Crippen molar-refractivity contribution in [2.45, 2.75) is 32.8 Å². The van der Waals surface area contributed by atoms with Gasteiger partial charge in [0, 0.05) is 38.4 Å². The molecule has 0 radical (unpaired) electrons. The van der Waals surface area contributed by atoms with Crippen LogP contribution in [0.25, 0.3) is 0 Å². The van der Waals surface area contributed by atoms with E-state index in [4.69, 9.17) is 10.00 Å². The van der Waals surface area contributed by atoms with Crippen molar-refractivity contribution in [1.82, 2.24) is 9.80 Å². The standard InChI is InChI=1S/C21H30N4O2/c1-21(2,3)27-20(26)25-14-17-12-24(13-18(17)15-25)10-4-9-23-19-7-5-16(11-22)6-8-19/h5-8,17-18,23H,4,9-10,12-15H2,1-3H3. The van der Waals surface area contributed by atoms with Gasteiger partial charge >= 0.3 is 6.09 Å². The number of fused-ring (bicyclic) bond motifs is 1. The van der Waals surface area contributed by atoms with Crippen molar-refractivity contribution >= 4 is 11.8 Å². The predicted molar refractivity (Wildman–Crippen MR) is 105 cm³/mol. The summed E-state index contributed by atoms with van der Waals surface area (Å²) in [5.74, 6) is 1.15. The van der Waals surface area contributed by atoms with Crippen molar-refractivity contribution in [3.63, 3.8) is 0 Å². The van der Waals surface area contributed by atoms with Crippen molar-refractivity contribution in [3.05, 3.63) is 29.8 Å². The fraction of sp³-hybridized carbons (Fsp3) is 0.619. The Morgan fingerprint density at radius 2 is 1.81 bits per heavy atom. The van der Waals surface area contributed by atoms with Gasteiger partial charge in [-0.2, -0.15) is 5.26 Å². The highest BCUT2D eigenvalue weighted by atomic mass is 16.6. The largest absolute Gasteiger partial charge is 0.444 e. The Morgan fingerprint density at radius 3 is 2.37 bits per heavy atom. The van der Waals surface area contributed by atoms with Gasteiger partial charge in [-0.25, -0.2) is 4.79 Å². The molecule has 2 atom stereocenters. The van der Waals surface area contributed by atoms with E-state index in [2.05, 4.69) is 16.3 Å². The Balaban J connectivity index is 1.34. The number of nitrogens with one attached hydrogen (secondary N) is 1. The van der Waals surface area contributed by atoms with Crippen molar-refractivity contribution in [1.29, 1.82) is 5.26 Å². The van der Waals surface area contributed by atoms with Gasteiger partial charge in [-0.3, -0.25) is 0 Å². The third kappa shape index (κ3) is 5.36. The summed E-state index contributed by atoms with van der Waals surface area (Å²) < 4.78 is 5.50. The van der Waals surface area contributed by atoms with E-state index in [1.807, 2.05) is 49.9 Å². The van der Waals surface area contributed by atoms with Gasteiger partial charge in [0.25, 0.3) is 0 Å². The van der Waals surface area contributed by atoms with E-state index in [-0.39, 0.29) is 6.09 Å². The predicted octanol–water partition coefficient (Wildman–Crippen LogP) is 3.16. The van der Waals surface area contributed by atoms with Gasteiger partial charge in [0.1, 0.15) is 5.60 Å². The molecule has 2 unspecified atom stereocenters. The lowest BCUT2D eigenvalue weighted by atomic mass is 10.0. The molecule has 2 aliphatic rings. The van der Waals surface area contributed by atoms with Crippen LogP contribution in [0.4, 0.5) is 10.5 Å². The topological polar surface area (TPSA) is 68.6 Å². The minimum atomic E-state index is -0.428. The van der Waals surface area contributed by atoms with Crippen LogP contribution in [0.1, 0.15) is 32.8 Å². The maximum atomic E-state index is 12.2. The van der Waals surface area contributed by atoms with Crippen molar-refractivity contribution in [2.24, 2.45) is 11.8 Å². The zero-order chi connectivity index (χ0) is 19.4. The second-order valence-corrected chi connectivity index (χ2v) is 8.63. The zero-order valence-corrected chi connectivity index (χ0v) is 16.6. The van der Waals surface area contributed by atoms with E-state index in [1.54, 1.807) is 0 Å². The smallest absolute Gasteiger partial charge is 0.410 e. The second kappa shape index (κ2) is 8.18. The summed E-state index contributed by atoms with van der Waals surface area (Å²) in [6.45, 7) is 11.5. The van der Waals surface area contributed by atoms with Gasteiger partial charge in [-0.1, -0.05) is 0 Å². The van der Waals surface area contributed by atoms with Crippen LogP contribution in [-0.4, -0.2) is 60.8 Å². The Labute approximate surface area is 162 Å². The van der Waals surface area contributed by atoms with Crippen LogP contribution in [-0.2, 0) is 4.74 Å². The maximum Gasteiger partial charge on any atom is 0.410 e. The van der Waals surface area contributed by atoms with Crippen LogP contribution in [0, 0.1) is 23.2 Å². The summed E-state index contributed by atoms with van der Waals surface area (Å²) in [4.78, 5) is 16.6. The number of nitriles is 1. The Hall–Kier alpha value is -2.26. The molecule has 1 amide bonds. The average molecular weight is 370 g/mol. The molecule has 0 aliphatic carbocycles. The number of anilines is 1. The van der Waals surface area contributed by atoms with Crippen molar-refractivity contribution < 1.29 is 9.53 Å². The van der Waals surface area contributed by atoms with Gasteiger partial charge in [-0.05, 0) is 69.8 Å². The van der Waals surface area contributed by atoms with Crippen LogP contribution in [0.2, 0.25) is 0 Å². The molecule has 6 heteroatoms. The lowest BCUT2D eigenvalue weighted by Gasteiger charge is -2.26. The number of hydrogen-bond acceptors (Lipinski definition) is 5. The lowest BCUT2D eigenvalue weighted by Crippen LogP contribution is -2.37. The van der Waals surface area contributed by atoms with Crippen LogP contribution in [0.15, 0.2) is 24.3 Å². The number of ether oxygens (including phenoxy) is 1. The first-order chi connectivity index (χ1) is 12.8. The average Bonchev–Trinajstić information content (AvgIpc) is 3.16. The highest BCUT2D eigenvalue weighted by Gasteiger charge is 2.42. The van der Waals surface area contributed by atoms with Crippen LogP contribution >= 0.6 is 0 Å². The molecule has 0 saturated carbocycles. The molecular weight excluding hydrogens is 340 g/mol. The molecule has 146 valence electrons. The fourth-order valence-electron chi connectivity index (χ4n) is 3.95. The molecule has 3 rings (SSSR count). The summed E-state index contributed by atoms with van der Waals surface area (Å²) in [6, 6.07) is 9.70. The van der Waals surface area contributed by atoms with E-state index in [0.29, 0.717) is 17.4 Å². The number of likely N-dealkylation sites (tertiary alicyclic amines) is 2. The molecule has 2 heterocycles. The van der Waals surface area contributed by atoms with Crippen molar-refractivity contribution in [2.75, 3.05) is 44.6 Å². The Morgan fingerprint density at radius 1 is 1.19 bits per heavy atom. The van der Waals surface area contributed by atoms with Gasteiger partial charge in [0.15, 0.2) is 0 Å². The summed E-state index contributed by atoms with van der Waals surface area (Å²) in [6.07, 6.45) is 0.907. The third-order valence-corrected chi connectivity index (χ3v) is 5.21. The van der Waals surface area contributed by atoms with Gasteiger partial charge in [-0.15, -0.1) is 0 Å². The van der Waals surface area contributed by atoms with E-state index >= 15 is 0 Å². The third-order valence-electron chi connectivity index (χ3n) is 5.21. The number of amides is 1. The molecule has 2 fully saturated rings. The maximum absolute atomic E-state index is 12.2. The first-order valence-corrected chi connectivity index (χ1v) is 9.78. The van der Waals surface area contributed by atoms with Gasteiger partial charge < -0.3 is 19.9 Å². The monoisotopic (exact) mass is 370 g/mol. The molecule has 6 nitrogen and oxygen atoms in total. The number of rotatable bonds is 5. The van der Waals surface area contributed by atoms with Gasteiger partial charge in [0.2, 0.25) is 0 Å². The van der Waals surface area contributed by atoms with Crippen molar-refractivity contribution in [3.8, 4) is 6.07 Å². The SMILES string of the molecule is CC(C)(C)OC(=O)N1CC2CN(CCCNc3ccc(C#N)cc3)CC2C1. The molecule has 2 aliphatic heterocycles. The quantitative estimate of drug-likeness (QED) is 0.807. The highest BCUT2D eigenvalue weighted by molar-refractivity contribution is 5.68. The minimum Gasteiger partial charge on any atom is -0.444 e. The zero-order valence-electron chi connectivity index (χ0n) is 16.6. The molecule has 2 saturated heterocycles. The minimum absolute atomic E-state index is 0.171. The normalized spacial score (nSPS) is 22.4. The molecule has 0 bridgehead atoms. The van der Waals surface area contributed by atoms with Crippen LogP contribution in [0.5, 0.6) is 0 Å². The lowest BCUT2D eigenvalue weighted by molar-refractivity contribution is 0.0274. The van der Waals surface area contributed by atoms with E-state index < -0.39 is 5.60 Å². The summed E-state index contributed by atoms with van der Waals surface area (Å²) in [7, 11) is 0. The van der Waals surface area contributed by atoms with Crippen LogP contribution < -0.4 is 5.32 Å². The molecule has 27 heavy (non-hydrogen) atoms. The summed E-state index contributed by atoms with van der Waals surface area (Å²) >= 11 is 0. The molecule has 1 N–H and O–H groups in total. The van der Waals surface area contributed by atoms with E-state index in [9.17, 15) is 4.79 Å². The number of benzene rings is 1. The number of nitrogens with zero attached hydrogens (tertiary/aromatic N) is 3. The number of carbonyl (C=O) groups excluding carboxylic acids is 1. The molecule has 0 aromatic heterocycles. The second-order valence-electron chi connectivity index (χ2n) is 8.63. The van der Waals surface area contributed by atoms with E-state index in [0.717, 1.165) is 51.4 Å². The first-order valence-electron chi connectivity index (χ1n) is 9.78. The number of hydrogen-bond donors (Lipinski definition) is 1. The molecule has 0 spiro atoms. The summed E-state index contributed by atoms with van der Waals surface area (Å²) in [5.41, 5.74) is 1.31. The van der Waals surface area contributed by atoms with Gasteiger partial charge in [0.05, 0.1) is 11.6 Å². The fourth-order valence-corrected chi connectivity index (χ4v) is 3.95. The first kappa shape index (κ1) is 19.5. The molecule has 1 aromatic rings. The molecule has 1 aromatic carbocycles. The van der Waals surface area contributed by atoms with Crippen LogP contribution in [0.3, 0.4) is 0 Å². The number of carbonyl (C=O) groups is 1. The van der Waals surface area contributed by atoms with E-state index in [1.165, 1.54) is 0 Å².